The van der Waals surface area contributed by atoms with Crippen molar-refractivity contribution in [3.05, 3.63) is 59.7 Å². The fourth-order valence-corrected chi connectivity index (χ4v) is 2.57. The molecule has 32 heavy (non-hydrogen) atoms. The molecule has 11 heteroatoms. The van der Waals surface area contributed by atoms with Gasteiger partial charge in [-0.2, -0.15) is 8.42 Å². The second-order valence-corrected chi connectivity index (χ2v) is 8.22. The average Bonchev–Trinajstić information content (AvgIpc) is 2.73. The highest BCUT2D eigenvalue weighted by molar-refractivity contribution is 7.85. The van der Waals surface area contributed by atoms with Crippen molar-refractivity contribution in [1.82, 2.24) is 0 Å². The van der Waals surface area contributed by atoms with E-state index in [1.165, 1.54) is 0 Å². The Kier molecular flexibility index (Phi) is 11.8. The molecule has 0 heterocycles. The smallest absolute Gasteiger partial charge is 0.267 e. The third-order valence-electron chi connectivity index (χ3n) is 4.01. The van der Waals surface area contributed by atoms with Crippen LogP contribution in [-0.2, 0) is 10.1 Å². The van der Waals surface area contributed by atoms with E-state index in [0.29, 0.717) is 24.3 Å². The van der Waals surface area contributed by atoms with Crippen molar-refractivity contribution in [3.8, 4) is 11.5 Å². The molecule has 2 aromatic carbocycles. The maximum absolute atomic E-state index is 9.63. The largest absolute Gasteiger partial charge is 0.494 e. The van der Waals surface area contributed by atoms with Gasteiger partial charge in [0.1, 0.15) is 23.2 Å². The molecule has 2 aromatic rings. The van der Waals surface area contributed by atoms with Crippen LogP contribution < -0.4 is 20.9 Å². The first-order valence-electron chi connectivity index (χ1n) is 9.83. The van der Waals surface area contributed by atoms with E-state index in [1.54, 1.807) is 24.3 Å². The van der Waals surface area contributed by atoms with Gasteiger partial charge in [0.05, 0.1) is 25.6 Å². The van der Waals surface area contributed by atoms with Gasteiger partial charge in [-0.25, -0.2) is 0 Å². The average molecular weight is 467 g/mol. The molecule has 8 N–H and O–H groups in total. The van der Waals surface area contributed by atoms with E-state index in [2.05, 4.69) is 0 Å². The van der Waals surface area contributed by atoms with Crippen LogP contribution in [0.25, 0.3) is 0 Å². The highest BCUT2D eigenvalue weighted by atomic mass is 32.2. The van der Waals surface area contributed by atoms with Crippen molar-refractivity contribution in [2.24, 2.45) is 11.5 Å². The second kappa shape index (κ2) is 14.0. The lowest BCUT2D eigenvalue weighted by molar-refractivity contribution is 0.279. The zero-order chi connectivity index (χ0) is 24.0. The molecule has 0 spiro atoms. The van der Waals surface area contributed by atoms with Crippen LogP contribution in [0.3, 0.4) is 0 Å². The molecule has 0 aliphatic rings. The highest BCUT2D eigenvalue weighted by Gasteiger charge is 2.00. The molecule has 0 atom stereocenters. The first-order chi connectivity index (χ1) is 15.1. The maximum Gasteiger partial charge on any atom is 0.267 e. The molecule has 176 valence electrons. The monoisotopic (exact) mass is 466 g/mol. The molecular weight excluding hydrogens is 436 g/mol. The van der Waals surface area contributed by atoms with Crippen LogP contribution in [0, 0.1) is 10.8 Å². The van der Waals surface area contributed by atoms with E-state index in [0.717, 1.165) is 30.8 Å². The van der Waals surface area contributed by atoms with Crippen molar-refractivity contribution in [3.63, 3.8) is 0 Å². The number of benzene rings is 2. The Morgan fingerprint density at radius 1 is 0.781 bits per heavy atom. The highest BCUT2D eigenvalue weighted by Crippen LogP contribution is 2.14. The van der Waals surface area contributed by atoms with Gasteiger partial charge >= 0.3 is 0 Å². The normalized spacial score (nSPS) is 10.6. The molecule has 0 aromatic heterocycles. The SMILES string of the molecule is N=C(N)c1ccc(OCCCCCOc2ccc(C(=N)N)cc2)cc1.O=S(=O)(O)CCO. The van der Waals surface area contributed by atoms with Crippen LogP contribution in [0.1, 0.15) is 30.4 Å². The molecule has 2 rings (SSSR count). The van der Waals surface area contributed by atoms with Gasteiger partial charge in [0.25, 0.3) is 10.1 Å². The van der Waals surface area contributed by atoms with E-state index < -0.39 is 22.5 Å². The number of ether oxygens (including phenoxy) is 2. The van der Waals surface area contributed by atoms with E-state index >= 15 is 0 Å². The fourth-order valence-electron chi connectivity index (χ4n) is 2.34. The zero-order valence-corrected chi connectivity index (χ0v) is 18.5. The summed E-state index contributed by atoms with van der Waals surface area (Å²) in [6, 6.07) is 14.4. The zero-order valence-electron chi connectivity index (χ0n) is 17.7. The minimum absolute atomic E-state index is 0.0579. The molecule has 0 amide bonds. The summed E-state index contributed by atoms with van der Waals surface area (Å²) in [5, 5.41) is 22.5. The third kappa shape index (κ3) is 11.9. The molecule has 10 nitrogen and oxygen atoms in total. The molecule has 0 saturated carbocycles. The number of nitrogen functional groups attached to an aromatic ring is 2. The topological polar surface area (TPSA) is 193 Å². The van der Waals surface area contributed by atoms with Gasteiger partial charge in [-0.1, -0.05) is 0 Å². The van der Waals surface area contributed by atoms with Gasteiger partial charge in [-0.05, 0) is 67.8 Å². The van der Waals surface area contributed by atoms with Crippen LogP contribution in [0.5, 0.6) is 11.5 Å². The van der Waals surface area contributed by atoms with Crippen LogP contribution in [-0.4, -0.2) is 55.3 Å². The van der Waals surface area contributed by atoms with Crippen LogP contribution in [0.2, 0.25) is 0 Å². The van der Waals surface area contributed by atoms with Crippen LogP contribution in [0.15, 0.2) is 48.5 Å². The standard InChI is InChI=1S/C19H24N4O2.C2H6O4S/c20-18(21)14-4-8-16(9-5-14)24-12-2-1-3-13-25-17-10-6-15(7-11-17)19(22)23;3-1-2-7(4,5)6/h4-11H,1-3,12-13H2,(H3,20,21)(H3,22,23);3H,1-2H2,(H,4,5,6). The number of amidine groups is 2. The summed E-state index contributed by atoms with van der Waals surface area (Å²) in [6.07, 6.45) is 2.90. The number of aliphatic hydroxyl groups is 1. The van der Waals surface area contributed by atoms with E-state index in [4.69, 9.17) is 41.4 Å². The summed E-state index contributed by atoms with van der Waals surface area (Å²) < 4.78 is 38.4. The summed E-state index contributed by atoms with van der Waals surface area (Å²) in [4.78, 5) is 0. The molecule has 0 unspecified atom stereocenters. The first kappa shape index (κ1) is 26.9. The summed E-state index contributed by atoms with van der Waals surface area (Å²) in [7, 11) is -3.92. The minimum atomic E-state index is -3.92. The van der Waals surface area contributed by atoms with Crippen molar-refractivity contribution in [2.45, 2.75) is 19.3 Å². The molecule has 0 aliphatic heterocycles. The Bertz CT molecular complexity index is 886. The van der Waals surface area contributed by atoms with Gasteiger partial charge in [0.15, 0.2) is 0 Å². The summed E-state index contributed by atoms with van der Waals surface area (Å²) in [5.74, 6) is 1.11. The molecular formula is C21H30N4O6S. The minimum Gasteiger partial charge on any atom is -0.494 e. The predicted octanol–water partition coefficient (Wildman–Crippen LogP) is 1.75. The molecule has 0 bridgehead atoms. The predicted molar refractivity (Wildman–Crippen MR) is 123 cm³/mol. The van der Waals surface area contributed by atoms with Gasteiger partial charge in [-0.3, -0.25) is 15.4 Å². The molecule has 0 aliphatic carbocycles. The molecule has 0 fully saturated rings. The summed E-state index contributed by atoms with van der Waals surface area (Å²) >= 11 is 0. The van der Waals surface area contributed by atoms with Gasteiger partial charge in [0.2, 0.25) is 0 Å². The Balaban J connectivity index is 0.000000633. The Labute approximate surface area is 187 Å². The maximum atomic E-state index is 9.63. The number of hydrogen-bond donors (Lipinski definition) is 6. The van der Waals surface area contributed by atoms with Crippen molar-refractivity contribution < 1.29 is 27.6 Å². The van der Waals surface area contributed by atoms with Gasteiger partial charge in [-0.15, -0.1) is 0 Å². The molecule has 0 saturated heterocycles. The lowest BCUT2D eigenvalue weighted by atomic mass is 10.2. The Hall–Kier alpha value is -3.15. The Morgan fingerprint density at radius 2 is 1.16 bits per heavy atom. The van der Waals surface area contributed by atoms with E-state index in [-0.39, 0.29) is 11.7 Å². The third-order valence-corrected chi connectivity index (χ3v) is 4.70. The lowest BCUT2D eigenvalue weighted by Gasteiger charge is -2.08. The number of aliphatic hydroxyl groups excluding tert-OH is 1. The quantitative estimate of drug-likeness (QED) is 0.118. The van der Waals surface area contributed by atoms with Gasteiger partial charge < -0.3 is 26.0 Å². The number of nitrogens with one attached hydrogen (secondary N) is 2. The van der Waals surface area contributed by atoms with Crippen molar-refractivity contribution in [1.29, 1.82) is 10.8 Å². The Morgan fingerprint density at radius 3 is 1.41 bits per heavy atom. The number of rotatable bonds is 12. The summed E-state index contributed by atoms with van der Waals surface area (Å²) in [5.41, 5.74) is 12.2. The number of unbranched alkanes of at least 4 members (excludes halogenated alkanes) is 2. The van der Waals surface area contributed by atoms with Crippen LogP contribution >= 0.6 is 0 Å². The van der Waals surface area contributed by atoms with E-state index in [1.807, 2.05) is 24.3 Å². The van der Waals surface area contributed by atoms with Crippen LogP contribution in [0.4, 0.5) is 0 Å². The fraction of sp³-hybridized carbons (Fsp3) is 0.333. The van der Waals surface area contributed by atoms with E-state index in [9.17, 15) is 8.42 Å². The van der Waals surface area contributed by atoms with Crippen molar-refractivity contribution >= 4 is 21.8 Å². The van der Waals surface area contributed by atoms with Gasteiger partial charge in [0, 0.05) is 11.1 Å². The van der Waals surface area contributed by atoms with Crippen molar-refractivity contribution in [2.75, 3.05) is 25.6 Å². The lowest BCUT2D eigenvalue weighted by Crippen LogP contribution is -2.10. The first-order valence-corrected chi connectivity index (χ1v) is 11.4. The second-order valence-electron chi connectivity index (χ2n) is 6.64. The number of hydrogen-bond acceptors (Lipinski definition) is 7. The summed E-state index contributed by atoms with van der Waals surface area (Å²) in [6.45, 7) is 0.762. The molecule has 0 radical (unpaired) electrons. The number of nitrogens with two attached hydrogens (primary N) is 2.